The maximum atomic E-state index is 12.8. The molecule has 2 N–H and O–H groups in total. The summed E-state index contributed by atoms with van der Waals surface area (Å²) in [6.07, 6.45) is 1.23. The molecule has 1 heterocycles. The molecule has 1 aliphatic heterocycles. The number of hydrogen-bond acceptors (Lipinski definition) is 6. The summed E-state index contributed by atoms with van der Waals surface area (Å²) in [5.74, 6) is -3.04. The number of hydrogen-bond donors (Lipinski definition) is 2. The highest BCUT2D eigenvalue weighted by Crippen LogP contribution is 2.38. The minimum absolute atomic E-state index is 0.0780. The molecule has 3 rings (SSSR count). The Bertz CT molecular complexity index is 850. The van der Waals surface area contributed by atoms with Crippen molar-refractivity contribution in [1.82, 2.24) is 0 Å². The number of anilines is 1. The van der Waals surface area contributed by atoms with Crippen molar-refractivity contribution in [2.24, 2.45) is 0 Å². The van der Waals surface area contributed by atoms with Crippen LogP contribution in [0.1, 0.15) is 12.8 Å². The molecule has 1 unspecified atom stereocenters. The molecule has 1 saturated heterocycles. The van der Waals surface area contributed by atoms with Crippen LogP contribution in [-0.2, 0) is 24.3 Å². The van der Waals surface area contributed by atoms with Crippen molar-refractivity contribution in [1.29, 1.82) is 0 Å². The fourth-order valence-electron chi connectivity index (χ4n) is 3.08. The second-order valence-electron chi connectivity index (χ2n) is 5.96. The van der Waals surface area contributed by atoms with E-state index < -0.39 is 39.2 Å². The lowest BCUT2D eigenvalue weighted by Gasteiger charge is -2.32. The molecule has 1 aromatic rings. The van der Waals surface area contributed by atoms with Gasteiger partial charge in [-0.1, -0.05) is 12.1 Å². The maximum Gasteiger partial charge on any atom is 0.387 e. The molecule has 0 aromatic heterocycles. The molecule has 27 heavy (non-hydrogen) atoms. The lowest BCUT2D eigenvalue weighted by Crippen LogP contribution is -2.41. The number of aliphatic carboxylic acids is 1. The van der Waals surface area contributed by atoms with Crippen LogP contribution >= 0.6 is 0 Å². The van der Waals surface area contributed by atoms with E-state index in [4.69, 9.17) is 9.47 Å². The van der Waals surface area contributed by atoms with Gasteiger partial charge < -0.3 is 19.3 Å². The highest BCUT2D eigenvalue weighted by atomic mass is 32.2. The molecule has 11 heteroatoms. The standard InChI is InChI=1S/C16H17F2NO7S/c17-15(18)26-12-4-2-1-3-11(12)19-27(22,23)13-5-6-16(24-7-8-25-16)9-10(13)14(20)21/h1-4,9,13,15,19H,5-8H2,(H,20,21). The third-order valence-corrected chi connectivity index (χ3v) is 5.97. The van der Waals surface area contributed by atoms with Crippen molar-refractivity contribution in [3.05, 3.63) is 35.9 Å². The number of nitrogens with one attached hydrogen (secondary N) is 1. The van der Waals surface area contributed by atoms with Gasteiger partial charge >= 0.3 is 12.6 Å². The molecule has 148 valence electrons. The molecular weight excluding hydrogens is 388 g/mol. The number of carboxylic acids is 1. The van der Waals surface area contributed by atoms with Gasteiger partial charge in [0.05, 0.1) is 24.5 Å². The van der Waals surface area contributed by atoms with Gasteiger partial charge in [-0.05, 0) is 24.6 Å². The van der Waals surface area contributed by atoms with E-state index in [9.17, 15) is 27.1 Å². The molecule has 1 aromatic carbocycles. The van der Waals surface area contributed by atoms with Crippen molar-refractivity contribution in [3.8, 4) is 5.75 Å². The van der Waals surface area contributed by atoms with Crippen molar-refractivity contribution in [3.63, 3.8) is 0 Å². The van der Waals surface area contributed by atoms with Gasteiger partial charge in [-0.15, -0.1) is 0 Å². The zero-order valence-corrected chi connectivity index (χ0v) is 14.7. The van der Waals surface area contributed by atoms with Crippen molar-refractivity contribution in [2.75, 3.05) is 17.9 Å². The normalized spacial score (nSPS) is 21.9. The smallest absolute Gasteiger partial charge is 0.387 e. The first-order chi connectivity index (χ1) is 12.7. The third-order valence-electron chi connectivity index (χ3n) is 4.23. The molecular formula is C16H17F2NO7S. The highest BCUT2D eigenvalue weighted by Gasteiger charge is 2.45. The van der Waals surface area contributed by atoms with E-state index >= 15 is 0 Å². The molecule has 0 saturated carbocycles. The summed E-state index contributed by atoms with van der Waals surface area (Å²) < 4.78 is 67.9. The summed E-state index contributed by atoms with van der Waals surface area (Å²) in [6.45, 7) is -2.59. The van der Waals surface area contributed by atoms with Gasteiger partial charge in [0.25, 0.3) is 0 Å². The fraction of sp³-hybridized carbons (Fsp3) is 0.438. The van der Waals surface area contributed by atoms with Crippen molar-refractivity contribution < 1.29 is 41.3 Å². The summed E-state index contributed by atoms with van der Waals surface area (Å²) in [7, 11) is -4.27. The van der Waals surface area contributed by atoms with Crippen LogP contribution in [0.3, 0.4) is 0 Å². The Kier molecular flexibility index (Phi) is 5.36. The van der Waals surface area contributed by atoms with Crippen LogP contribution < -0.4 is 9.46 Å². The van der Waals surface area contributed by atoms with E-state index in [-0.39, 0.29) is 37.5 Å². The van der Waals surface area contributed by atoms with E-state index in [1.165, 1.54) is 24.3 Å². The minimum atomic E-state index is -4.27. The SMILES string of the molecule is O=C(O)C1=CC2(CCC1S(=O)(=O)Nc1ccccc1OC(F)F)OCCO2. The van der Waals surface area contributed by atoms with Gasteiger partial charge in [0, 0.05) is 6.42 Å². The first-order valence-electron chi connectivity index (χ1n) is 8.02. The summed E-state index contributed by atoms with van der Waals surface area (Å²) in [5, 5.41) is 8.05. The number of carboxylic acid groups (broad SMARTS) is 1. The largest absolute Gasteiger partial charge is 0.478 e. The summed E-state index contributed by atoms with van der Waals surface area (Å²) in [6, 6.07) is 5.25. The van der Waals surface area contributed by atoms with Crippen LogP contribution in [0.5, 0.6) is 5.75 Å². The first-order valence-corrected chi connectivity index (χ1v) is 9.56. The summed E-state index contributed by atoms with van der Waals surface area (Å²) >= 11 is 0. The van der Waals surface area contributed by atoms with E-state index in [1.807, 2.05) is 0 Å². The van der Waals surface area contributed by atoms with E-state index in [0.29, 0.717) is 0 Å². The first kappa shape index (κ1) is 19.5. The summed E-state index contributed by atoms with van der Waals surface area (Å²) in [4.78, 5) is 11.6. The van der Waals surface area contributed by atoms with E-state index in [0.717, 1.165) is 6.08 Å². The van der Waals surface area contributed by atoms with Crippen molar-refractivity contribution >= 4 is 21.7 Å². The number of ether oxygens (including phenoxy) is 3. The van der Waals surface area contributed by atoms with Gasteiger partial charge in [-0.2, -0.15) is 8.78 Å². The Balaban J connectivity index is 1.90. The number of benzene rings is 1. The van der Waals surface area contributed by atoms with Gasteiger partial charge in [-0.3, -0.25) is 4.72 Å². The zero-order valence-electron chi connectivity index (χ0n) is 13.9. The van der Waals surface area contributed by atoms with E-state index in [1.54, 1.807) is 0 Å². The van der Waals surface area contributed by atoms with Crippen molar-refractivity contribution in [2.45, 2.75) is 30.5 Å². The predicted octanol–water partition coefficient (Wildman–Crippen LogP) is 1.95. The average Bonchev–Trinajstić information content (AvgIpc) is 3.03. The zero-order chi connectivity index (χ0) is 19.7. The van der Waals surface area contributed by atoms with Gasteiger partial charge in [0.15, 0.2) is 5.79 Å². The van der Waals surface area contributed by atoms with Crippen LogP contribution in [-0.4, -0.2) is 50.4 Å². The minimum Gasteiger partial charge on any atom is -0.478 e. The molecule has 1 atom stereocenters. The topological polar surface area (TPSA) is 111 Å². The Morgan fingerprint density at radius 1 is 1.30 bits per heavy atom. The second kappa shape index (κ2) is 7.41. The number of alkyl halides is 2. The van der Waals surface area contributed by atoms with Crippen LogP contribution in [0.15, 0.2) is 35.9 Å². The second-order valence-corrected chi connectivity index (χ2v) is 7.83. The molecule has 0 bridgehead atoms. The molecule has 1 fully saturated rings. The highest BCUT2D eigenvalue weighted by molar-refractivity contribution is 7.93. The molecule has 1 spiro atoms. The number of carbonyl (C=O) groups is 1. The monoisotopic (exact) mass is 405 g/mol. The van der Waals surface area contributed by atoms with Crippen LogP contribution in [0.4, 0.5) is 14.5 Å². The Labute approximate surface area is 153 Å². The predicted molar refractivity (Wildman–Crippen MR) is 89.0 cm³/mol. The fourth-order valence-corrected chi connectivity index (χ4v) is 4.63. The van der Waals surface area contributed by atoms with Crippen LogP contribution in [0, 0.1) is 0 Å². The van der Waals surface area contributed by atoms with Gasteiger partial charge in [0.1, 0.15) is 11.0 Å². The van der Waals surface area contributed by atoms with E-state index in [2.05, 4.69) is 9.46 Å². The molecule has 8 nitrogen and oxygen atoms in total. The number of sulfonamides is 1. The summed E-state index contributed by atoms with van der Waals surface area (Å²) in [5.41, 5.74) is -0.612. The Hall–Kier alpha value is -2.24. The molecule has 2 aliphatic rings. The number of rotatable bonds is 6. The Morgan fingerprint density at radius 2 is 1.96 bits per heavy atom. The third kappa shape index (κ3) is 4.20. The van der Waals surface area contributed by atoms with Gasteiger partial charge in [0.2, 0.25) is 10.0 Å². The molecule has 0 radical (unpaired) electrons. The molecule has 1 aliphatic carbocycles. The maximum absolute atomic E-state index is 12.8. The quantitative estimate of drug-likeness (QED) is 0.744. The number of para-hydroxylation sites is 2. The Morgan fingerprint density at radius 3 is 2.59 bits per heavy atom. The lowest BCUT2D eigenvalue weighted by atomic mass is 9.94. The lowest BCUT2D eigenvalue weighted by molar-refractivity contribution is -0.138. The van der Waals surface area contributed by atoms with Crippen LogP contribution in [0.2, 0.25) is 0 Å². The average molecular weight is 405 g/mol. The molecule has 0 amide bonds. The van der Waals surface area contributed by atoms with Gasteiger partial charge in [-0.25, -0.2) is 13.2 Å². The number of halogens is 2. The van der Waals surface area contributed by atoms with Crippen LogP contribution in [0.25, 0.3) is 0 Å².